The smallest absolute Gasteiger partial charge is 0.414 e. The second-order valence-electron chi connectivity index (χ2n) is 4.36. The van der Waals surface area contributed by atoms with E-state index in [0.29, 0.717) is 12.2 Å². The topological polar surface area (TPSA) is 102 Å². The van der Waals surface area contributed by atoms with Crippen molar-refractivity contribution in [3.63, 3.8) is 0 Å². The molecule has 0 fully saturated rings. The number of nitriles is 2. The van der Waals surface area contributed by atoms with Gasteiger partial charge in [0.05, 0.1) is 18.5 Å². The minimum atomic E-state index is -0.383. The second kappa shape index (κ2) is 6.40. The van der Waals surface area contributed by atoms with Crippen LogP contribution < -0.4 is 10.3 Å². The van der Waals surface area contributed by atoms with E-state index >= 15 is 0 Å². The van der Waals surface area contributed by atoms with E-state index in [4.69, 9.17) is 15.3 Å². The summed E-state index contributed by atoms with van der Waals surface area (Å²) in [5.74, 6) is 0. The number of aryl methyl sites for hydroxylation is 1. The lowest BCUT2D eigenvalue weighted by atomic mass is 10.0. The molecule has 1 N–H and O–H groups in total. The van der Waals surface area contributed by atoms with Crippen molar-refractivity contribution in [2.45, 2.75) is 12.8 Å². The molecular formula is C14H13N5O2. The molecule has 1 amide bonds. The van der Waals surface area contributed by atoms with E-state index in [9.17, 15) is 4.79 Å². The van der Waals surface area contributed by atoms with Crippen molar-refractivity contribution in [2.75, 3.05) is 24.0 Å². The Hall–Kier alpha value is -3.06. The van der Waals surface area contributed by atoms with Crippen LogP contribution in [0.25, 0.3) is 0 Å². The fourth-order valence-electron chi connectivity index (χ4n) is 2.16. The van der Waals surface area contributed by atoms with Gasteiger partial charge in [0.1, 0.15) is 12.1 Å². The van der Waals surface area contributed by atoms with E-state index in [1.807, 2.05) is 6.07 Å². The van der Waals surface area contributed by atoms with Crippen molar-refractivity contribution in [2.24, 2.45) is 5.10 Å². The molecule has 0 aromatic heterocycles. The van der Waals surface area contributed by atoms with E-state index < -0.39 is 0 Å². The molecule has 0 spiro atoms. The summed E-state index contributed by atoms with van der Waals surface area (Å²) < 4.78 is 4.76. The van der Waals surface area contributed by atoms with Crippen LogP contribution in [0.2, 0.25) is 0 Å². The number of benzene rings is 1. The van der Waals surface area contributed by atoms with Crippen molar-refractivity contribution in [3.8, 4) is 12.1 Å². The molecule has 7 nitrogen and oxygen atoms in total. The summed E-state index contributed by atoms with van der Waals surface area (Å²) >= 11 is 0. The van der Waals surface area contributed by atoms with Gasteiger partial charge >= 0.3 is 6.09 Å². The van der Waals surface area contributed by atoms with Crippen LogP contribution in [0.5, 0.6) is 0 Å². The highest BCUT2D eigenvalue weighted by Gasteiger charge is 2.23. The SMILES string of the molecule is COC(=O)N1CCCc2cc(NN=C(C#N)C#N)ccc21. The van der Waals surface area contributed by atoms with Crippen molar-refractivity contribution in [1.82, 2.24) is 0 Å². The van der Waals surface area contributed by atoms with Crippen LogP contribution in [0.15, 0.2) is 23.3 Å². The van der Waals surface area contributed by atoms with E-state index in [0.717, 1.165) is 24.1 Å². The summed E-state index contributed by atoms with van der Waals surface area (Å²) in [7, 11) is 1.35. The summed E-state index contributed by atoms with van der Waals surface area (Å²) in [6, 6.07) is 8.71. The molecule has 1 aromatic carbocycles. The van der Waals surface area contributed by atoms with Gasteiger partial charge in [-0.25, -0.2) is 4.79 Å². The van der Waals surface area contributed by atoms with Gasteiger partial charge in [0, 0.05) is 6.54 Å². The van der Waals surface area contributed by atoms with E-state index in [1.54, 1.807) is 29.2 Å². The van der Waals surface area contributed by atoms with Gasteiger partial charge in [-0.05, 0) is 36.6 Å². The molecule has 106 valence electrons. The number of fused-ring (bicyclic) bond motifs is 1. The van der Waals surface area contributed by atoms with Gasteiger partial charge in [0.15, 0.2) is 0 Å². The normalized spacial score (nSPS) is 12.4. The Morgan fingerprint density at radius 3 is 2.86 bits per heavy atom. The van der Waals surface area contributed by atoms with Gasteiger partial charge in [-0.1, -0.05) is 0 Å². The first kappa shape index (κ1) is 14.4. The monoisotopic (exact) mass is 283 g/mol. The first-order chi connectivity index (χ1) is 10.2. The van der Waals surface area contributed by atoms with Crippen LogP contribution in [0.1, 0.15) is 12.0 Å². The zero-order valence-corrected chi connectivity index (χ0v) is 11.5. The number of hydrogen-bond acceptors (Lipinski definition) is 6. The number of hydrazone groups is 1. The molecule has 21 heavy (non-hydrogen) atoms. The largest absolute Gasteiger partial charge is 0.452 e. The average molecular weight is 283 g/mol. The third-order valence-corrected chi connectivity index (χ3v) is 3.10. The maximum absolute atomic E-state index is 11.7. The third-order valence-electron chi connectivity index (χ3n) is 3.10. The highest BCUT2D eigenvalue weighted by atomic mass is 16.5. The Morgan fingerprint density at radius 2 is 2.19 bits per heavy atom. The molecule has 1 aromatic rings. The lowest BCUT2D eigenvalue weighted by Gasteiger charge is -2.28. The number of hydrogen-bond donors (Lipinski definition) is 1. The maximum atomic E-state index is 11.7. The number of carbonyl (C=O) groups excluding carboxylic acids is 1. The minimum Gasteiger partial charge on any atom is -0.452 e. The van der Waals surface area contributed by atoms with Gasteiger partial charge in [-0.2, -0.15) is 15.6 Å². The first-order valence-electron chi connectivity index (χ1n) is 6.32. The summed E-state index contributed by atoms with van der Waals surface area (Å²) in [5.41, 5.74) is 4.87. The Balaban J connectivity index is 2.24. The molecule has 1 aliphatic rings. The number of nitrogens with zero attached hydrogens (tertiary/aromatic N) is 4. The summed E-state index contributed by atoms with van der Waals surface area (Å²) in [6.07, 6.45) is 1.30. The number of methoxy groups -OCH3 is 1. The van der Waals surface area contributed by atoms with Gasteiger partial charge < -0.3 is 4.74 Å². The summed E-state index contributed by atoms with van der Waals surface area (Å²) in [4.78, 5) is 13.3. The summed E-state index contributed by atoms with van der Waals surface area (Å²) in [5, 5.41) is 20.9. The van der Waals surface area contributed by atoms with Crippen molar-refractivity contribution in [1.29, 1.82) is 10.5 Å². The maximum Gasteiger partial charge on any atom is 0.414 e. The quantitative estimate of drug-likeness (QED) is 0.660. The van der Waals surface area contributed by atoms with Crippen LogP contribution >= 0.6 is 0 Å². The third kappa shape index (κ3) is 3.10. The molecule has 0 saturated carbocycles. The molecule has 0 saturated heterocycles. The number of carbonyl (C=O) groups is 1. The Labute approximate surface area is 122 Å². The standard InChI is InChI=1S/C14H13N5O2/c1-21-14(20)19-6-2-3-10-7-11(4-5-13(10)19)17-18-12(8-15)9-16/h4-5,7,17H,2-3,6H2,1H3. The van der Waals surface area contributed by atoms with E-state index in [2.05, 4.69) is 10.5 Å². The number of anilines is 2. The Kier molecular flexibility index (Phi) is 4.37. The van der Waals surface area contributed by atoms with Crippen molar-refractivity contribution >= 4 is 23.2 Å². The van der Waals surface area contributed by atoms with Crippen molar-refractivity contribution in [3.05, 3.63) is 23.8 Å². The molecule has 0 bridgehead atoms. The predicted octanol–water partition coefficient (Wildman–Crippen LogP) is 2.02. The Morgan fingerprint density at radius 1 is 1.43 bits per heavy atom. The van der Waals surface area contributed by atoms with Crippen LogP contribution in [-0.4, -0.2) is 25.5 Å². The minimum absolute atomic E-state index is 0.246. The van der Waals surface area contributed by atoms with Crippen LogP contribution in [0.3, 0.4) is 0 Å². The van der Waals surface area contributed by atoms with Crippen LogP contribution in [-0.2, 0) is 11.2 Å². The summed E-state index contributed by atoms with van der Waals surface area (Å²) in [6.45, 7) is 0.623. The average Bonchev–Trinajstić information content (AvgIpc) is 2.54. The fraction of sp³-hybridized carbons (Fsp3) is 0.286. The molecule has 0 radical (unpaired) electrons. The van der Waals surface area contributed by atoms with E-state index in [1.165, 1.54) is 7.11 Å². The number of nitrogens with one attached hydrogen (secondary N) is 1. The number of rotatable bonds is 2. The molecule has 1 aliphatic heterocycles. The lowest BCUT2D eigenvalue weighted by molar-refractivity contribution is 0.178. The van der Waals surface area contributed by atoms with Gasteiger partial charge in [-0.15, -0.1) is 0 Å². The second-order valence-corrected chi connectivity index (χ2v) is 4.36. The molecule has 7 heteroatoms. The molecule has 2 rings (SSSR count). The van der Waals surface area contributed by atoms with Gasteiger partial charge in [-0.3, -0.25) is 10.3 Å². The number of amides is 1. The zero-order chi connectivity index (χ0) is 15.2. The number of ether oxygens (including phenoxy) is 1. The van der Waals surface area contributed by atoms with Crippen LogP contribution in [0, 0.1) is 22.7 Å². The first-order valence-corrected chi connectivity index (χ1v) is 6.32. The zero-order valence-electron chi connectivity index (χ0n) is 11.5. The highest BCUT2D eigenvalue weighted by Crippen LogP contribution is 2.30. The van der Waals surface area contributed by atoms with Crippen molar-refractivity contribution < 1.29 is 9.53 Å². The molecule has 0 atom stereocenters. The van der Waals surface area contributed by atoms with Crippen LogP contribution in [0.4, 0.5) is 16.2 Å². The highest BCUT2D eigenvalue weighted by molar-refractivity contribution is 6.10. The lowest BCUT2D eigenvalue weighted by Crippen LogP contribution is -2.35. The molecular weight excluding hydrogens is 270 g/mol. The fourth-order valence-corrected chi connectivity index (χ4v) is 2.16. The molecule has 0 unspecified atom stereocenters. The Bertz CT molecular complexity index is 653. The molecule has 1 heterocycles. The molecule has 0 aliphatic carbocycles. The predicted molar refractivity (Wildman–Crippen MR) is 76.8 cm³/mol. The van der Waals surface area contributed by atoms with Gasteiger partial charge in [0.2, 0.25) is 5.71 Å². The van der Waals surface area contributed by atoms with Gasteiger partial charge in [0.25, 0.3) is 0 Å². The van der Waals surface area contributed by atoms with E-state index in [-0.39, 0.29) is 11.8 Å².